The molecular weight excluding hydrogens is 328 g/mol. The van der Waals surface area contributed by atoms with E-state index in [0.717, 1.165) is 24.3 Å². The smallest absolute Gasteiger partial charge is 0.265 e. The molecule has 0 saturated carbocycles. The van der Waals surface area contributed by atoms with Crippen LogP contribution in [0.5, 0.6) is 5.75 Å². The van der Waals surface area contributed by atoms with Crippen molar-refractivity contribution in [2.24, 2.45) is 0 Å². The lowest BCUT2D eigenvalue weighted by molar-refractivity contribution is -0.123. The number of benzene rings is 1. The standard InChI is InChI=1S/C21H32N2O3/c1-6-15(3)22-19(24)9-8-12-23-17-13-16(21(4,5)7-2)10-11-18(17)26-14-20(23)25/h10-11,13,15H,6-9,12,14H2,1-5H3,(H,22,24). The number of carbonyl (C=O) groups excluding carboxylic acids is 2. The first-order valence-corrected chi connectivity index (χ1v) is 9.65. The molecule has 0 aromatic heterocycles. The van der Waals surface area contributed by atoms with E-state index in [0.29, 0.717) is 19.4 Å². The second-order valence-electron chi connectivity index (χ2n) is 7.73. The molecule has 1 atom stereocenters. The van der Waals surface area contributed by atoms with Gasteiger partial charge >= 0.3 is 0 Å². The summed E-state index contributed by atoms with van der Waals surface area (Å²) in [6.45, 7) is 11.2. The van der Waals surface area contributed by atoms with Crippen molar-refractivity contribution in [3.63, 3.8) is 0 Å². The first-order chi connectivity index (χ1) is 12.3. The average molecular weight is 360 g/mol. The summed E-state index contributed by atoms with van der Waals surface area (Å²) < 4.78 is 5.59. The fourth-order valence-corrected chi connectivity index (χ4v) is 2.92. The number of hydrogen-bond donors (Lipinski definition) is 1. The van der Waals surface area contributed by atoms with E-state index in [9.17, 15) is 9.59 Å². The lowest BCUT2D eigenvalue weighted by Crippen LogP contribution is -2.40. The van der Waals surface area contributed by atoms with Crippen molar-refractivity contribution in [1.29, 1.82) is 0 Å². The minimum atomic E-state index is -0.0497. The van der Waals surface area contributed by atoms with Crippen LogP contribution in [-0.2, 0) is 15.0 Å². The molecule has 5 heteroatoms. The van der Waals surface area contributed by atoms with Crippen molar-refractivity contribution in [2.75, 3.05) is 18.1 Å². The van der Waals surface area contributed by atoms with Gasteiger partial charge in [-0.15, -0.1) is 0 Å². The van der Waals surface area contributed by atoms with Crippen LogP contribution in [0.1, 0.15) is 65.9 Å². The van der Waals surface area contributed by atoms with Gasteiger partial charge in [0.1, 0.15) is 5.75 Å². The molecule has 2 rings (SSSR count). The topological polar surface area (TPSA) is 58.6 Å². The summed E-state index contributed by atoms with van der Waals surface area (Å²) in [5.41, 5.74) is 2.05. The van der Waals surface area contributed by atoms with Crippen LogP contribution in [0.15, 0.2) is 18.2 Å². The van der Waals surface area contributed by atoms with Crippen LogP contribution >= 0.6 is 0 Å². The summed E-state index contributed by atoms with van der Waals surface area (Å²) in [4.78, 5) is 26.1. The molecule has 1 aliphatic rings. The molecule has 1 N–H and O–H groups in total. The highest BCUT2D eigenvalue weighted by atomic mass is 16.5. The highest BCUT2D eigenvalue weighted by Gasteiger charge is 2.28. The Morgan fingerprint density at radius 1 is 1.35 bits per heavy atom. The van der Waals surface area contributed by atoms with Gasteiger partial charge in [-0.2, -0.15) is 0 Å². The highest BCUT2D eigenvalue weighted by Crippen LogP contribution is 2.37. The SMILES string of the molecule is CCC(C)NC(=O)CCCN1C(=O)COc2ccc(C(C)(C)CC)cc21. The molecule has 0 aliphatic carbocycles. The van der Waals surface area contributed by atoms with Gasteiger partial charge in [0, 0.05) is 19.0 Å². The van der Waals surface area contributed by atoms with Crippen LogP contribution in [0.25, 0.3) is 0 Å². The van der Waals surface area contributed by atoms with Crippen LogP contribution in [-0.4, -0.2) is 31.0 Å². The Bertz CT molecular complexity index is 655. The van der Waals surface area contributed by atoms with Crippen LogP contribution < -0.4 is 15.0 Å². The van der Waals surface area contributed by atoms with E-state index in [1.165, 1.54) is 5.56 Å². The van der Waals surface area contributed by atoms with Crippen molar-refractivity contribution in [3.05, 3.63) is 23.8 Å². The summed E-state index contributed by atoms with van der Waals surface area (Å²) in [5, 5.41) is 2.97. The number of nitrogens with zero attached hydrogens (tertiary/aromatic N) is 1. The van der Waals surface area contributed by atoms with Gasteiger partial charge in [-0.1, -0.05) is 33.8 Å². The van der Waals surface area contributed by atoms with Gasteiger partial charge in [0.2, 0.25) is 5.91 Å². The van der Waals surface area contributed by atoms with Crippen LogP contribution in [0.2, 0.25) is 0 Å². The van der Waals surface area contributed by atoms with Crippen molar-refractivity contribution in [2.45, 2.75) is 71.8 Å². The molecule has 0 bridgehead atoms. The van der Waals surface area contributed by atoms with Crippen molar-refractivity contribution in [1.82, 2.24) is 5.32 Å². The maximum Gasteiger partial charge on any atom is 0.265 e. The van der Waals surface area contributed by atoms with Crippen LogP contribution in [0, 0.1) is 0 Å². The minimum Gasteiger partial charge on any atom is -0.482 e. The van der Waals surface area contributed by atoms with E-state index in [-0.39, 0.29) is 29.9 Å². The Labute approximate surface area is 157 Å². The number of nitrogens with one attached hydrogen (secondary N) is 1. The zero-order valence-corrected chi connectivity index (χ0v) is 16.7. The van der Waals surface area contributed by atoms with Crippen LogP contribution in [0.4, 0.5) is 5.69 Å². The predicted octanol–water partition coefficient (Wildman–Crippen LogP) is 3.79. The van der Waals surface area contributed by atoms with E-state index in [2.05, 4.69) is 38.2 Å². The predicted molar refractivity (Wildman–Crippen MR) is 105 cm³/mol. The molecule has 5 nitrogen and oxygen atoms in total. The molecule has 1 unspecified atom stereocenters. The lowest BCUT2D eigenvalue weighted by Gasteiger charge is -2.32. The molecule has 0 saturated heterocycles. The van der Waals surface area contributed by atoms with E-state index >= 15 is 0 Å². The fourth-order valence-electron chi connectivity index (χ4n) is 2.92. The van der Waals surface area contributed by atoms with Gasteiger partial charge in [0.25, 0.3) is 5.91 Å². The molecule has 1 aromatic rings. The Kier molecular flexibility index (Phi) is 6.68. The number of anilines is 1. The molecule has 2 amide bonds. The normalized spacial score (nSPS) is 15.3. The quantitative estimate of drug-likeness (QED) is 0.767. The maximum absolute atomic E-state index is 12.4. The summed E-state index contributed by atoms with van der Waals surface area (Å²) >= 11 is 0. The molecule has 0 spiro atoms. The number of hydrogen-bond acceptors (Lipinski definition) is 3. The zero-order valence-electron chi connectivity index (χ0n) is 16.7. The highest BCUT2D eigenvalue weighted by molar-refractivity contribution is 5.98. The Morgan fingerprint density at radius 3 is 2.73 bits per heavy atom. The molecule has 1 aliphatic heterocycles. The average Bonchev–Trinajstić information content (AvgIpc) is 2.62. The summed E-state index contributed by atoms with van der Waals surface area (Å²) in [6.07, 6.45) is 2.98. The molecule has 1 heterocycles. The first-order valence-electron chi connectivity index (χ1n) is 9.65. The van der Waals surface area contributed by atoms with Crippen molar-refractivity contribution >= 4 is 17.5 Å². The van der Waals surface area contributed by atoms with Gasteiger partial charge in [-0.05, 0) is 49.3 Å². The number of carbonyl (C=O) groups is 2. The molecule has 26 heavy (non-hydrogen) atoms. The van der Waals surface area contributed by atoms with E-state index in [1.54, 1.807) is 4.90 Å². The van der Waals surface area contributed by atoms with Gasteiger partial charge in [-0.25, -0.2) is 0 Å². The molecule has 144 valence electrons. The Hall–Kier alpha value is -2.04. The number of fused-ring (bicyclic) bond motifs is 1. The van der Waals surface area contributed by atoms with Gasteiger partial charge in [0.05, 0.1) is 5.69 Å². The first kappa shape index (κ1) is 20.3. The fraction of sp³-hybridized carbons (Fsp3) is 0.619. The van der Waals surface area contributed by atoms with Crippen molar-refractivity contribution < 1.29 is 14.3 Å². The van der Waals surface area contributed by atoms with Crippen molar-refractivity contribution in [3.8, 4) is 5.75 Å². The van der Waals surface area contributed by atoms with Gasteiger partial charge in [0.15, 0.2) is 6.61 Å². The summed E-state index contributed by atoms with van der Waals surface area (Å²) in [7, 11) is 0. The summed E-state index contributed by atoms with van der Waals surface area (Å²) in [6, 6.07) is 6.29. The summed E-state index contributed by atoms with van der Waals surface area (Å²) in [5.74, 6) is 0.733. The monoisotopic (exact) mass is 360 g/mol. The molecular formula is C21H32N2O3. The number of ether oxygens (including phenoxy) is 1. The van der Waals surface area contributed by atoms with Gasteiger partial charge in [-0.3, -0.25) is 9.59 Å². The lowest BCUT2D eigenvalue weighted by atomic mass is 9.82. The number of amides is 2. The Balaban J connectivity index is 2.09. The van der Waals surface area contributed by atoms with Gasteiger partial charge < -0.3 is 15.0 Å². The second kappa shape index (κ2) is 8.56. The van der Waals surface area contributed by atoms with E-state index < -0.39 is 0 Å². The second-order valence-corrected chi connectivity index (χ2v) is 7.73. The molecule has 0 radical (unpaired) electrons. The third-order valence-electron chi connectivity index (χ3n) is 5.37. The molecule has 1 aromatic carbocycles. The molecule has 0 fully saturated rings. The largest absolute Gasteiger partial charge is 0.482 e. The third-order valence-corrected chi connectivity index (χ3v) is 5.37. The number of rotatable bonds is 8. The zero-order chi connectivity index (χ0) is 19.3. The third kappa shape index (κ3) is 4.77. The Morgan fingerprint density at radius 2 is 2.08 bits per heavy atom. The minimum absolute atomic E-state index is 0.0391. The van der Waals surface area contributed by atoms with E-state index in [1.807, 2.05) is 19.9 Å². The van der Waals surface area contributed by atoms with E-state index in [4.69, 9.17) is 4.74 Å². The van der Waals surface area contributed by atoms with Crippen LogP contribution in [0.3, 0.4) is 0 Å². The maximum atomic E-state index is 12.4.